The first-order valence-electron chi connectivity index (χ1n) is 10.1. The van der Waals surface area contributed by atoms with Crippen LogP contribution < -0.4 is 19.9 Å². The summed E-state index contributed by atoms with van der Waals surface area (Å²) in [7, 11) is -1.06. The van der Waals surface area contributed by atoms with Gasteiger partial charge in [-0.15, -0.1) is 0 Å². The molecule has 1 fully saturated rings. The molecule has 0 aliphatic carbocycles. The minimum absolute atomic E-state index is 0.0336. The van der Waals surface area contributed by atoms with E-state index in [0.29, 0.717) is 24.3 Å². The lowest BCUT2D eigenvalue weighted by Gasteiger charge is -2.40. The van der Waals surface area contributed by atoms with Crippen LogP contribution >= 0.6 is 11.6 Å². The molecule has 2 aromatic carbocycles. The molecule has 0 saturated carbocycles. The van der Waals surface area contributed by atoms with Gasteiger partial charge in [0.1, 0.15) is 22.1 Å². The number of para-hydroxylation sites is 1. The lowest BCUT2D eigenvalue weighted by molar-refractivity contribution is -0.121. The van der Waals surface area contributed by atoms with E-state index in [9.17, 15) is 13.2 Å². The van der Waals surface area contributed by atoms with Gasteiger partial charge < -0.3 is 19.9 Å². The number of nitrogens with two attached hydrogens (primary N) is 1. The summed E-state index contributed by atoms with van der Waals surface area (Å²) in [6.45, 7) is 0.687. The minimum Gasteiger partial charge on any atom is -0.495 e. The molecular weight excluding hydrogens is 456 g/mol. The first kappa shape index (κ1) is 24.2. The molecule has 32 heavy (non-hydrogen) atoms. The van der Waals surface area contributed by atoms with E-state index in [0.717, 1.165) is 0 Å². The molecule has 0 bridgehead atoms. The van der Waals surface area contributed by atoms with Crippen LogP contribution in [0.5, 0.6) is 17.2 Å². The Hall–Kier alpha value is -2.49. The summed E-state index contributed by atoms with van der Waals surface area (Å²) in [5.41, 5.74) is 4.96. The van der Waals surface area contributed by atoms with Gasteiger partial charge in [0.25, 0.3) is 0 Å². The molecule has 8 nitrogen and oxygen atoms in total. The van der Waals surface area contributed by atoms with Crippen LogP contribution in [0.2, 0.25) is 5.02 Å². The first-order valence-corrected chi connectivity index (χ1v) is 11.9. The van der Waals surface area contributed by atoms with E-state index in [4.69, 9.17) is 31.5 Å². The number of hydrogen-bond donors (Lipinski definition) is 1. The Morgan fingerprint density at radius 3 is 2.28 bits per heavy atom. The van der Waals surface area contributed by atoms with Crippen LogP contribution in [0.1, 0.15) is 19.3 Å². The number of halogens is 1. The number of methoxy groups -OCH3 is 2. The summed E-state index contributed by atoms with van der Waals surface area (Å²) >= 11 is 6.17. The third kappa shape index (κ3) is 5.28. The summed E-state index contributed by atoms with van der Waals surface area (Å²) in [5.74, 6) is 0.706. The predicted molar refractivity (Wildman–Crippen MR) is 121 cm³/mol. The normalized spacial score (nSPS) is 16.3. The summed E-state index contributed by atoms with van der Waals surface area (Å²) in [4.78, 5) is 11.7. The van der Waals surface area contributed by atoms with Gasteiger partial charge in [-0.25, -0.2) is 8.42 Å². The van der Waals surface area contributed by atoms with Gasteiger partial charge in [-0.1, -0.05) is 29.8 Å². The molecule has 1 aliphatic heterocycles. The van der Waals surface area contributed by atoms with E-state index < -0.39 is 21.3 Å². The van der Waals surface area contributed by atoms with Crippen LogP contribution in [-0.2, 0) is 14.8 Å². The molecule has 2 aromatic rings. The van der Waals surface area contributed by atoms with Crippen LogP contribution in [-0.4, -0.2) is 52.5 Å². The molecule has 0 spiro atoms. The lowest BCUT2D eigenvalue weighted by Crippen LogP contribution is -2.47. The average Bonchev–Trinajstić information content (AvgIpc) is 2.78. The Bertz CT molecular complexity index is 1050. The van der Waals surface area contributed by atoms with Crippen molar-refractivity contribution in [3.63, 3.8) is 0 Å². The van der Waals surface area contributed by atoms with Crippen molar-refractivity contribution in [2.45, 2.75) is 24.2 Å². The number of hydrogen-bond acceptors (Lipinski definition) is 6. The molecule has 3 rings (SSSR count). The van der Waals surface area contributed by atoms with E-state index in [1.54, 1.807) is 0 Å². The highest BCUT2D eigenvalue weighted by Gasteiger charge is 2.41. The third-order valence-corrected chi connectivity index (χ3v) is 7.89. The molecule has 174 valence electrons. The lowest BCUT2D eigenvalue weighted by atomic mass is 9.76. The zero-order valence-electron chi connectivity index (χ0n) is 18.0. The van der Waals surface area contributed by atoms with Crippen LogP contribution in [0.3, 0.4) is 0 Å². The van der Waals surface area contributed by atoms with Gasteiger partial charge in [-0.2, -0.15) is 4.31 Å². The van der Waals surface area contributed by atoms with Crippen molar-refractivity contribution in [1.82, 2.24) is 4.31 Å². The highest BCUT2D eigenvalue weighted by molar-refractivity contribution is 7.89. The quantitative estimate of drug-likeness (QED) is 0.588. The van der Waals surface area contributed by atoms with Gasteiger partial charge >= 0.3 is 0 Å². The van der Waals surface area contributed by atoms with Crippen molar-refractivity contribution in [3.8, 4) is 17.2 Å². The van der Waals surface area contributed by atoms with Crippen LogP contribution in [0, 0.1) is 5.41 Å². The molecule has 10 heteroatoms. The van der Waals surface area contributed by atoms with E-state index >= 15 is 0 Å². The number of piperidine rings is 1. The first-order chi connectivity index (χ1) is 15.2. The fraction of sp³-hybridized carbons (Fsp3) is 0.409. The molecule has 0 aromatic heterocycles. The number of primary amides is 1. The van der Waals surface area contributed by atoms with Crippen molar-refractivity contribution in [1.29, 1.82) is 0 Å². The van der Waals surface area contributed by atoms with Gasteiger partial charge in [0.15, 0.2) is 0 Å². The Labute approximate surface area is 193 Å². The summed E-state index contributed by atoms with van der Waals surface area (Å²) < 4.78 is 44.4. The van der Waals surface area contributed by atoms with E-state index in [1.165, 1.54) is 30.7 Å². The predicted octanol–water partition coefficient (Wildman–Crippen LogP) is 3.08. The maximum absolute atomic E-state index is 13.4. The maximum Gasteiger partial charge on any atom is 0.246 e. The van der Waals surface area contributed by atoms with Crippen molar-refractivity contribution in [3.05, 3.63) is 47.5 Å². The Kier molecular flexibility index (Phi) is 7.53. The fourth-order valence-electron chi connectivity index (χ4n) is 3.87. The maximum atomic E-state index is 13.4. The molecule has 1 aliphatic rings. The van der Waals surface area contributed by atoms with Crippen LogP contribution in [0.15, 0.2) is 47.4 Å². The summed E-state index contributed by atoms with van der Waals surface area (Å²) in [5, 5.41) is 0.170. The van der Waals surface area contributed by atoms with Crippen molar-refractivity contribution < 1.29 is 27.4 Å². The van der Waals surface area contributed by atoms with Crippen LogP contribution in [0.4, 0.5) is 0 Å². The Morgan fingerprint density at radius 2 is 1.72 bits per heavy atom. The van der Waals surface area contributed by atoms with Crippen molar-refractivity contribution in [2.24, 2.45) is 11.1 Å². The molecule has 0 atom stereocenters. The van der Waals surface area contributed by atoms with E-state index in [1.807, 2.05) is 30.3 Å². The number of nitrogens with zero attached hydrogens (tertiary/aromatic N) is 1. The minimum atomic E-state index is -3.89. The standard InChI is InChI=1S/C22H27ClN2O6S/c1-29-18-13-19(30-2)20(12-17(18)23)32(27,28)25-10-8-22(9-11-25,14-21(24)26)15-31-16-6-4-3-5-7-16/h3-7,12-13H,8-11,14-15H2,1-2H3,(H2,24,26). The zero-order chi connectivity index (χ0) is 23.4. The number of rotatable bonds is 9. The summed E-state index contributed by atoms with van der Waals surface area (Å²) in [6, 6.07) is 12.0. The van der Waals surface area contributed by atoms with E-state index in [2.05, 4.69) is 0 Å². The largest absolute Gasteiger partial charge is 0.495 e. The molecule has 0 unspecified atom stereocenters. The van der Waals surface area contributed by atoms with Gasteiger partial charge in [0.2, 0.25) is 15.9 Å². The van der Waals surface area contributed by atoms with Gasteiger partial charge in [-0.3, -0.25) is 4.79 Å². The third-order valence-electron chi connectivity index (χ3n) is 5.68. The number of sulfonamides is 1. The second kappa shape index (κ2) is 9.97. The van der Waals surface area contributed by atoms with Crippen molar-refractivity contribution >= 4 is 27.5 Å². The number of carbonyl (C=O) groups excluding carboxylic acids is 1. The number of amides is 1. The average molecular weight is 483 g/mol. The van der Waals surface area contributed by atoms with Gasteiger partial charge in [-0.05, 0) is 31.0 Å². The van der Waals surface area contributed by atoms with Crippen molar-refractivity contribution in [2.75, 3.05) is 33.9 Å². The molecule has 1 heterocycles. The molecule has 2 N–H and O–H groups in total. The highest BCUT2D eigenvalue weighted by Crippen LogP contribution is 2.40. The number of ether oxygens (including phenoxy) is 3. The fourth-order valence-corrected chi connectivity index (χ4v) is 5.78. The molecule has 0 radical (unpaired) electrons. The monoisotopic (exact) mass is 482 g/mol. The SMILES string of the molecule is COc1cc(OC)c(S(=O)(=O)N2CCC(COc3ccccc3)(CC(N)=O)CC2)cc1Cl. The van der Waals surface area contributed by atoms with Gasteiger partial charge in [0, 0.05) is 31.0 Å². The second-order valence-electron chi connectivity index (χ2n) is 7.79. The second-order valence-corrected chi connectivity index (χ2v) is 10.1. The topological polar surface area (TPSA) is 108 Å². The Balaban J connectivity index is 1.80. The number of benzene rings is 2. The molecule has 1 amide bonds. The van der Waals surface area contributed by atoms with Crippen LogP contribution in [0.25, 0.3) is 0 Å². The zero-order valence-corrected chi connectivity index (χ0v) is 19.6. The Morgan fingerprint density at radius 1 is 1.09 bits per heavy atom. The summed E-state index contributed by atoms with van der Waals surface area (Å²) in [6.07, 6.45) is 0.966. The molecular formula is C22H27ClN2O6S. The number of carbonyl (C=O) groups is 1. The van der Waals surface area contributed by atoms with Gasteiger partial charge in [0.05, 0.1) is 25.8 Å². The molecule has 1 saturated heterocycles. The highest BCUT2D eigenvalue weighted by atomic mass is 35.5. The van der Waals surface area contributed by atoms with E-state index in [-0.39, 0.29) is 41.8 Å². The smallest absolute Gasteiger partial charge is 0.246 e.